The summed E-state index contributed by atoms with van der Waals surface area (Å²) in [5.41, 5.74) is -0.349. The predicted octanol–water partition coefficient (Wildman–Crippen LogP) is 19.6. The van der Waals surface area contributed by atoms with Gasteiger partial charge in [0, 0.05) is 3.92 Å². The van der Waals surface area contributed by atoms with Gasteiger partial charge in [-0.2, -0.15) is 0 Å². The van der Waals surface area contributed by atoms with Crippen molar-refractivity contribution in [1.29, 1.82) is 0 Å². The molecule has 0 heterocycles. The molecule has 0 nitrogen and oxygen atoms in total. The Morgan fingerprint density at radius 3 is 1.78 bits per heavy atom. The van der Waals surface area contributed by atoms with Crippen molar-refractivity contribution in [1.82, 2.24) is 0 Å². The van der Waals surface area contributed by atoms with E-state index in [1.807, 2.05) is 13.8 Å². The van der Waals surface area contributed by atoms with E-state index >= 15 is 0 Å². The van der Waals surface area contributed by atoms with Gasteiger partial charge in [-0.3, -0.25) is 0 Å². The lowest BCUT2D eigenvalue weighted by Crippen LogP contribution is -2.25. The second-order valence-electron chi connectivity index (χ2n) is 24.9. The molecule has 5 aliphatic carbocycles. The van der Waals surface area contributed by atoms with E-state index in [2.05, 4.69) is 64.1 Å². The fraction of sp³-hybridized carbons (Fsp3) is 1.00. The summed E-state index contributed by atoms with van der Waals surface area (Å²) in [5.74, 6) is 12.0. The van der Waals surface area contributed by atoms with Gasteiger partial charge >= 0.3 is 0 Å². The molecule has 346 valence electrons. The van der Waals surface area contributed by atoms with E-state index in [-0.39, 0.29) is 0 Å². The second kappa shape index (κ2) is 25.4. The molecule has 0 aromatic carbocycles. The quantitative estimate of drug-likeness (QED) is 0.0599. The van der Waals surface area contributed by atoms with Crippen LogP contribution in [0.1, 0.15) is 267 Å². The molecule has 0 N–H and O–H groups in total. The van der Waals surface area contributed by atoms with E-state index in [0.29, 0.717) is 11.3 Å². The molecular formula is C57H104FI. The molecule has 0 amide bonds. The third-order valence-electron chi connectivity index (χ3n) is 19.2. The van der Waals surface area contributed by atoms with Crippen LogP contribution in [-0.4, -0.2) is 9.59 Å². The van der Waals surface area contributed by atoms with Crippen LogP contribution < -0.4 is 0 Å². The van der Waals surface area contributed by atoms with E-state index < -0.39 is 5.67 Å². The van der Waals surface area contributed by atoms with E-state index in [1.54, 1.807) is 19.3 Å². The van der Waals surface area contributed by atoms with Crippen molar-refractivity contribution in [3.05, 3.63) is 0 Å². The Bertz CT molecular complexity index is 1090. The maximum atomic E-state index is 14.8. The molecule has 0 aliphatic heterocycles. The average molecular weight is 935 g/mol. The summed E-state index contributed by atoms with van der Waals surface area (Å²) in [7, 11) is 0. The summed E-state index contributed by atoms with van der Waals surface area (Å²) < 4.78 is 15.7. The van der Waals surface area contributed by atoms with Gasteiger partial charge in [-0.15, -0.1) is 0 Å². The lowest BCUT2D eigenvalue weighted by Gasteiger charge is -2.35. The molecule has 7 atom stereocenters. The largest absolute Gasteiger partial charge is 0.245 e. The molecule has 0 saturated heterocycles. The number of rotatable bonds is 26. The fourth-order valence-electron chi connectivity index (χ4n) is 14.7. The normalized spacial score (nSPS) is 31.8. The van der Waals surface area contributed by atoms with Crippen LogP contribution in [0.15, 0.2) is 0 Å². The first kappa shape index (κ1) is 50.7. The lowest BCUT2D eigenvalue weighted by atomic mass is 9.71. The highest BCUT2D eigenvalue weighted by molar-refractivity contribution is 14.1. The number of hydrogen-bond donors (Lipinski definition) is 0. The van der Waals surface area contributed by atoms with Gasteiger partial charge in [-0.1, -0.05) is 180 Å². The van der Waals surface area contributed by atoms with Crippen molar-refractivity contribution in [2.75, 3.05) is 0 Å². The van der Waals surface area contributed by atoms with Crippen LogP contribution in [-0.2, 0) is 0 Å². The molecule has 5 saturated carbocycles. The van der Waals surface area contributed by atoms with E-state index in [9.17, 15) is 4.39 Å². The van der Waals surface area contributed by atoms with Crippen LogP contribution in [0.2, 0.25) is 0 Å². The smallest absolute Gasteiger partial charge is 0.105 e. The van der Waals surface area contributed by atoms with E-state index in [1.165, 1.54) is 180 Å². The third kappa shape index (κ3) is 18.2. The fourth-order valence-corrected chi connectivity index (χ4v) is 15.4. The first-order chi connectivity index (χ1) is 28.2. The van der Waals surface area contributed by atoms with Crippen LogP contribution in [0, 0.1) is 82.3 Å². The lowest BCUT2D eigenvalue weighted by molar-refractivity contribution is 0.151. The Hall–Kier alpha value is 0.660. The minimum atomic E-state index is -1.03. The zero-order valence-electron chi connectivity index (χ0n) is 41.2. The molecule has 5 aliphatic rings. The van der Waals surface area contributed by atoms with Gasteiger partial charge < -0.3 is 0 Å². The van der Waals surface area contributed by atoms with Gasteiger partial charge in [0.2, 0.25) is 0 Å². The molecular weight excluding hydrogens is 831 g/mol. The van der Waals surface area contributed by atoms with Gasteiger partial charge in [0.15, 0.2) is 0 Å². The SMILES string of the molecule is CC[C@H](C)C(CCCC(C)[C@H](C)CC1CCC(CC2CCCCC2)CC1)CCC1CCC(C[C@@H](C)CC(CCC(C)(C)F)CC(C)CC2(C3CCC(I)CC3)CC2)CC1. The number of alkyl halides is 2. The topological polar surface area (TPSA) is 0 Å². The first-order valence-corrected chi connectivity index (χ1v) is 28.8. The van der Waals surface area contributed by atoms with Crippen molar-refractivity contribution in [2.24, 2.45) is 82.3 Å². The summed E-state index contributed by atoms with van der Waals surface area (Å²) in [6, 6.07) is 0. The summed E-state index contributed by atoms with van der Waals surface area (Å²) in [6.45, 7) is 19.0. The Balaban J connectivity index is 0.965. The Kier molecular flexibility index (Phi) is 21.8. The highest BCUT2D eigenvalue weighted by Crippen LogP contribution is 2.61. The molecule has 4 unspecified atom stereocenters. The molecule has 0 aromatic heterocycles. The van der Waals surface area contributed by atoms with Crippen LogP contribution in [0.4, 0.5) is 4.39 Å². The Morgan fingerprint density at radius 2 is 1.17 bits per heavy atom. The highest BCUT2D eigenvalue weighted by atomic mass is 127. The standard InChI is InChI=1S/C57H104FI/c1-9-44(4)53(17-13-14-45(5)46(6)39-50-22-24-51(25-23-50)40-48-15-11-10-12-16-48)27-26-47-18-20-49(21-19-47)36-42(2)37-52(32-33-56(7,8)58)38-43(3)41-57(34-35-57)54-28-30-55(59)31-29-54/h42-55H,9-41H2,1-8H3/t42-,43?,44+,45?,46-,47?,49?,50?,51?,52?,53?,54?,55?/m1/s1. The molecule has 0 spiro atoms. The molecule has 5 rings (SSSR count). The Labute approximate surface area is 384 Å². The number of halogens is 2. The van der Waals surface area contributed by atoms with Crippen molar-refractivity contribution in [2.45, 2.75) is 277 Å². The maximum absolute atomic E-state index is 14.8. The van der Waals surface area contributed by atoms with Gasteiger partial charge in [-0.25, -0.2) is 4.39 Å². The first-order valence-electron chi connectivity index (χ1n) is 27.5. The van der Waals surface area contributed by atoms with E-state index in [4.69, 9.17) is 0 Å². The van der Waals surface area contributed by atoms with Crippen LogP contribution in [0.25, 0.3) is 0 Å². The van der Waals surface area contributed by atoms with Crippen molar-refractivity contribution < 1.29 is 4.39 Å². The molecule has 5 fully saturated rings. The average Bonchev–Trinajstić information content (AvgIpc) is 3.99. The number of hydrogen-bond acceptors (Lipinski definition) is 0. The zero-order chi connectivity index (χ0) is 42.4. The molecule has 0 aromatic rings. The molecule has 2 heteroatoms. The van der Waals surface area contributed by atoms with Gasteiger partial charge in [-0.05, 0) is 193 Å². The predicted molar refractivity (Wildman–Crippen MR) is 267 cm³/mol. The zero-order valence-corrected chi connectivity index (χ0v) is 43.3. The van der Waals surface area contributed by atoms with Crippen molar-refractivity contribution >= 4 is 22.6 Å². The van der Waals surface area contributed by atoms with Crippen molar-refractivity contribution in [3.8, 4) is 0 Å². The summed E-state index contributed by atoms with van der Waals surface area (Å²) >= 11 is 2.70. The Morgan fingerprint density at radius 1 is 0.593 bits per heavy atom. The van der Waals surface area contributed by atoms with Crippen molar-refractivity contribution in [3.63, 3.8) is 0 Å². The molecule has 59 heavy (non-hydrogen) atoms. The monoisotopic (exact) mass is 935 g/mol. The summed E-state index contributed by atoms with van der Waals surface area (Å²) in [4.78, 5) is 0. The molecule has 0 bridgehead atoms. The highest BCUT2D eigenvalue weighted by Gasteiger charge is 2.50. The van der Waals surface area contributed by atoms with Crippen LogP contribution in [0.3, 0.4) is 0 Å². The summed E-state index contributed by atoms with van der Waals surface area (Å²) in [5, 5.41) is 0. The third-order valence-corrected chi connectivity index (χ3v) is 20.4. The minimum Gasteiger partial charge on any atom is -0.245 e. The van der Waals surface area contributed by atoms with E-state index in [0.717, 1.165) is 87.8 Å². The van der Waals surface area contributed by atoms with Gasteiger partial charge in [0.1, 0.15) is 5.67 Å². The van der Waals surface area contributed by atoms with Crippen LogP contribution in [0.5, 0.6) is 0 Å². The molecule has 0 radical (unpaired) electrons. The summed E-state index contributed by atoms with van der Waals surface area (Å²) in [6.07, 6.45) is 47.7. The van der Waals surface area contributed by atoms with Gasteiger partial charge in [0.25, 0.3) is 0 Å². The maximum Gasteiger partial charge on any atom is 0.105 e. The second-order valence-corrected chi connectivity index (χ2v) is 26.7. The van der Waals surface area contributed by atoms with Crippen LogP contribution >= 0.6 is 22.6 Å². The van der Waals surface area contributed by atoms with Gasteiger partial charge in [0.05, 0.1) is 0 Å². The minimum absolute atomic E-state index is 0.683.